The standard InChI is InChI=1S/C10H17N3O/c1-5-7(2)10-9(12-8(3)14)6-11-13(10)4/h6-7H,5H2,1-4H3,(H,12,14). The molecule has 1 aromatic heterocycles. The molecule has 1 rings (SSSR count). The average Bonchev–Trinajstić information content (AvgIpc) is 2.45. The zero-order chi connectivity index (χ0) is 10.7. The molecule has 1 aromatic rings. The lowest BCUT2D eigenvalue weighted by Crippen LogP contribution is -2.10. The minimum absolute atomic E-state index is 0.0532. The highest BCUT2D eigenvalue weighted by Crippen LogP contribution is 2.25. The van der Waals surface area contributed by atoms with Crippen molar-refractivity contribution in [2.75, 3.05) is 5.32 Å². The van der Waals surface area contributed by atoms with Gasteiger partial charge >= 0.3 is 0 Å². The van der Waals surface area contributed by atoms with Gasteiger partial charge in [-0.15, -0.1) is 0 Å². The van der Waals surface area contributed by atoms with Crippen LogP contribution in [0.3, 0.4) is 0 Å². The van der Waals surface area contributed by atoms with E-state index < -0.39 is 0 Å². The lowest BCUT2D eigenvalue weighted by Gasteiger charge is -2.12. The van der Waals surface area contributed by atoms with Crippen LogP contribution in [0.2, 0.25) is 0 Å². The monoisotopic (exact) mass is 195 g/mol. The number of hydrogen-bond donors (Lipinski definition) is 1. The quantitative estimate of drug-likeness (QED) is 0.800. The Morgan fingerprint density at radius 1 is 1.71 bits per heavy atom. The van der Waals surface area contributed by atoms with Crippen molar-refractivity contribution in [2.24, 2.45) is 7.05 Å². The van der Waals surface area contributed by atoms with Crippen molar-refractivity contribution < 1.29 is 4.79 Å². The molecule has 0 saturated carbocycles. The molecule has 1 unspecified atom stereocenters. The van der Waals surface area contributed by atoms with Crippen LogP contribution < -0.4 is 5.32 Å². The van der Waals surface area contributed by atoms with E-state index in [1.165, 1.54) is 6.92 Å². The SMILES string of the molecule is CCC(C)c1c(NC(C)=O)cnn1C. The fraction of sp³-hybridized carbons (Fsp3) is 0.600. The fourth-order valence-corrected chi connectivity index (χ4v) is 1.51. The fourth-order valence-electron chi connectivity index (χ4n) is 1.51. The Bertz CT molecular complexity index is 330. The molecule has 4 heteroatoms. The van der Waals surface area contributed by atoms with Gasteiger partial charge in [0, 0.05) is 14.0 Å². The number of rotatable bonds is 3. The van der Waals surface area contributed by atoms with Crippen molar-refractivity contribution in [1.82, 2.24) is 9.78 Å². The van der Waals surface area contributed by atoms with E-state index in [1.54, 1.807) is 6.20 Å². The highest BCUT2D eigenvalue weighted by Gasteiger charge is 2.14. The Morgan fingerprint density at radius 2 is 2.36 bits per heavy atom. The second-order valence-corrected chi connectivity index (χ2v) is 3.56. The number of carbonyl (C=O) groups is 1. The first-order chi connectivity index (χ1) is 6.56. The van der Waals surface area contributed by atoms with E-state index in [4.69, 9.17) is 0 Å². The van der Waals surface area contributed by atoms with E-state index in [0.29, 0.717) is 5.92 Å². The first-order valence-corrected chi connectivity index (χ1v) is 4.85. The predicted octanol–water partition coefficient (Wildman–Crippen LogP) is 1.89. The van der Waals surface area contributed by atoms with Crippen LogP contribution in [0.5, 0.6) is 0 Å². The van der Waals surface area contributed by atoms with Crippen molar-refractivity contribution in [3.8, 4) is 0 Å². The van der Waals surface area contributed by atoms with Gasteiger partial charge in [-0.3, -0.25) is 9.48 Å². The number of aromatic nitrogens is 2. The molecule has 0 aliphatic heterocycles. The number of hydrogen-bond acceptors (Lipinski definition) is 2. The predicted molar refractivity (Wildman–Crippen MR) is 56.2 cm³/mol. The molecule has 0 spiro atoms. The minimum atomic E-state index is -0.0532. The van der Waals surface area contributed by atoms with Gasteiger partial charge in [-0.1, -0.05) is 13.8 Å². The molecule has 0 aromatic carbocycles. The first kappa shape index (κ1) is 10.8. The molecule has 0 saturated heterocycles. The van der Waals surface area contributed by atoms with E-state index in [2.05, 4.69) is 24.3 Å². The summed E-state index contributed by atoms with van der Waals surface area (Å²) in [4.78, 5) is 10.9. The van der Waals surface area contributed by atoms with Gasteiger partial charge in [-0.05, 0) is 12.3 Å². The highest BCUT2D eigenvalue weighted by atomic mass is 16.1. The van der Waals surface area contributed by atoms with Gasteiger partial charge < -0.3 is 5.32 Å². The maximum atomic E-state index is 10.9. The number of amides is 1. The lowest BCUT2D eigenvalue weighted by atomic mass is 10.0. The van der Waals surface area contributed by atoms with Crippen molar-refractivity contribution in [3.05, 3.63) is 11.9 Å². The molecule has 1 amide bonds. The van der Waals surface area contributed by atoms with Crippen molar-refractivity contribution in [3.63, 3.8) is 0 Å². The molecule has 78 valence electrons. The third kappa shape index (κ3) is 2.13. The molecule has 1 atom stereocenters. The second kappa shape index (κ2) is 4.26. The summed E-state index contributed by atoms with van der Waals surface area (Å²) in [5.74, 6) is 0.354. The molecular weight excluding hydrogens is 178 g/mol. The topological polar surface area (TPSA) is 46.9 Å². The Morgan fingerprint density at radius 3 is 2.86 bits per heavy atom. The summed E-state index contributed by atoms with van der Waals surface area (Å²) in [5.41, 5.74) is 1.91. The van der Waals surface area contributed by atoms with Gasteiger partial charge in [0.1, 0.15) is 0 Å². The maximum absolute atomic E-state index is 10.9. The molecule has 0 aliphatic rings. The maximum Gasteiger partial charge on any atom is 0.221 e. The molecule has 0 fully saturated rings. The zero-order valence-corrected chi connectivity index (χ0v) is 9.16. The summed E-state index contributed by atoms with van der Waals surface area (Å²) in [5, 5.41) is 6.93. The average molecular weight is 195 g/mol. The summed E-state index contributed by atoms with van der Waals surface area (Å²) < 4.78 is 1.82. The van der Waals surface area contributed by atoms with Gasteiger partial charge in [-0.2, -0.15) is 5.10 Å². The molecule has 0 aliphatic carbocycles. The van der Waals surface area contributed by atoms with Gasteiger partial charge in [0.25, 0.3) is 0 Å². The van der Waals surface area contributed by atoms with E-state index in [9.17, 15) is 4.79 Å². The first-order valence-electron chi connectivity index (χ1n) is 4.85. The zero-order valence-electron chi connectivity index (χ0n) is 9.16. The van der Waals surface area contributed by atoms with E-state index >= 15 is 0 Å². The number of carbonyl (C=O) groups excluding carboxylic acids is 1. The van der Waals surface area contributed by atoms with E-state index in [0.717, 1.165) is 17.8 Å². The van der Waals surface area contributed by atoms with E-state index in [-0.39, 0.29) is 5.91 Å². The van der Waals surface area contributed by atoms with Crippen molar-refractivity contribution in [1.29, 1.82) is 0 Å². The number of anilines is 1. The largest absolute Gasteiger partial charge is 0.323 e. The molecule has 1 heterocycles. The van der Waals surface area contributed by atoms with Crippen LogP contribution >= 0.6 is 0 Å². The van der Waals surface area contributed by atoms with Crippen LogP contribution in [-0.2, 0) is 11.8 Å². The molecule has 1 N–H and O–H groups in total. The van der Waals surface area contributed by atoms with Crippen LogP contribution in [0.1, 0.15) is 38.8 Å². The summed E-state index contributed by atoms with van der Waals surface area (Å²) in [7, 11) is 1.90. The van der Waals surface area contributed by atoms with Crippen molar-refractivity contribution >= 4 is 11.6 Å². The van der Waals surface area contributed by atoms with Crippen LogP contribution in [0.15, 0.2) is 6.20 Å². The van der Waals surface area contributed by atoms with Gasteiger partial charge in [0.2, 0.25) is 5.91 Å². The minimum Gasteiger partial charge on any atom is -0.323 e. The molecule has 4 nitrogen and oxygen atoms in total. The highest BCUT2D eigenvalue weighted by molar-refractivity contribution is 5.89. The van der Waals surface area contributed by atoms with E-state index in [1.807, 2.05) is 11.7 Å². The summed E-state index contributed by atoms with van der Waals surface area (Å²) in [6.07, 6.45) is 2.73. The molecule has 0 radical (unpaired) electrons. The number of nitrogens with one attached hydrogen (secondary N) is 1. The third-order valence-electron chi connectivity index (χ3n) is 2.37. The molecular formula is C10H17N3O. The molecule has 0 bridgehead atoms. The Balaban J connectivity index is 2.99. The smallest absolute Gasteiger partial charge is 0.221 e. The Labute approximate surface area is 84.3 Å². The Kier molecular flexibility index (Phi) is 3.28. The molecule has 14 heavy (non-hydrogen) atoms. The third-order valence-corrected chi connectivity index (χ3v) is 2.37. The second-order valence-electron chi connectivity index (χ2n) is 3.56. The van der Waals surface area contributed by atoms with Crippen LogP contribution in [-0.4, -0.2) is 15.7 Å². The van der Waals surface area contributed by atoms with Gasteiger partial charge in [-0.25, -0.2) is 0 Å². The Hall–Kier alpha value is -1.32. The van der Waals surface area contributed by atoms with Crippen LogP contribution in [0, 0.1) is 0 Å². The number of nitrogens with zero attached hydrogens (tertiary/aromatic N) is 2. The summed E-state index contributed by atoms with van der Waals surface area (Å²) in [6.45, 7) is 5.75. The van der Waals surface area contributed by atoms with Crippen molar-refractivity contribution in [2.45, 2.75) is 33.1 Å². The van der Waals surface area contributed by atoms with Crippen LogP contribution in [0.4, 0.5) is 5.69 Å². The summed E-state index contributed by atoms with van der Waals surface area (Å²) in [6, 6.07) is 0. The van der Waals surface area contributed by atoms with Crippen LogP contribution in [0.25, 0.3) is 0 Å². The van der Waals surface area contributed by atoms with Gasteiger partial charge in [0.05, 0.1) is 17.6 Å². The normalized spacial score (nSPS) is 12.6. The van der Waals surface area contributed by atoms with Gasteiger partial charge in [0.15, 0.2) is 0 Å². The lowest BCUT2D eigenvalue weighted by molar-refractivity contribution is -0.114. The summed E-state index contributed by atoms with van der Waals surface area (Å²) >= 11 is 0. The number of aryl methyl sites for hydroxylation is 1.